The summed E-state index contributed by atoms with van der Waals surface area (Å²) >= 11 is 0. The third-order valence-electron chi connectivity index (χ3n) is 5.00. The van der Waals surface area contributed by atoms with Crippen LogP contribution in [-0.2, 0) is 4.79 Å². The van der Waals surface area contributed by atoms with Crippen LogP contribution in [0, 0.1) is 13.8 Å². The number of pyridine rings is 1. The fourth-order valence-electron chi connectivity index (χ4n) is 3.57. The Kier molecular flexibility index (Phi) is 5.26. The molecule has 29 heavy (non-hydrogen) atoms. The van der Waals surface area contributed by atoms with Gasteiger partial charge in [0.05, 0.1) is 17.6 Å². The fourth-order valence-corrected chi connectivity index (χ4v) is 3.57. The summed E-state index contributed by atoms with van der Waals surface area (Å²) in [7, 11) is 0. The molecule has 150 valence electrons. The van der Waals surface area contributed by atoms with E-state index in [-0.39, 0.29) is 18.4 Å². The van der Waals surface area contributed by atoms with Gasteiger partial charge in [-0.3, -0.25) is 19.5 Å². The van der Waals surface area contributed by atoms with Gasteiger partial charge in [0.1, 0.15) is 5.76 Å². The number of carbonyl (C=O) groups excluding carboxylic acids is 2. The Morgan fingerprint density at radius 1 is 1.10 bits per heavy atom. The molecule has 0 saturated carbocycles. The average Bonchev–Trinajstić information content (AvgIpc) is 3.11. The van der Waals surface area contributed by atoms with Crippen molar-refractivity contribution in [2.45, 2.75) is 13.8 Å². The number of nitrogens with zero attached hydrogens (tertiary/aromatic N) is 4. The first-order valence-electron chi connectivity index (χ1n) is 9.61. The zero-order valence-electron chi connectivity index (χ0n) is 16.5. The standard InChI is InChI=1S/C21H23N5O3/c1-14-11-17(16-5-3-4-6-18(16)22-14)21(28)26-9-7-25(8-10-26)13-20(27)23-19-12-15(2)29-24-19/h3-6,11-12H,7-10,13H2,1-2H3,(H,23,24,27). The third kappa shape index (κ3) is 4.27. The molecule has 1 aromatic carbocycles. The zero-order valence-corrected chi connectivity index (χ0v) is 16.5. The highest BCUT2D eigenvalue weighted by molar-refractivity contribution is 6.06. The monoisotopic (exact) mass is 393 g/mol. The van der Waals surface area contributed by atoms with Crippen molar-refractivity contribution >= 4 is 28.5 Å². The van der Waals surface area contributed by atoms with E-state index in [1.54, 1.807) is 13.0 Å². The molecule has 0 aliphatic carbocycles. The zero-order chi connectivity index (χ0) is 20.4. The van der Waals surface area contributed by atoms with E-state index in [0.717, 1.165) is 16.6 Å². The Hall–Kier alpha value is -3.26. The maximum atomic E-state index is 13.1. The predicted molar refractivity (Wildman–Crippen MR) is 109 cm³/mol. The van der Waals surface area contributed by atoms with E-state index in [4.69, 9.17) is 4.52 Å². The molecule has 8 heteroatoms. The highest BCUT2D eigenvalue weighted by atomic mass is 16.5. The number of para-hydroxylation sites is 1. The van der Waals surface area contributed by atoms with Crippen LogP contribution in [0.2, 0.25) is 0 Å². The van der Waals surface area contributed by atoms with E-state index in [9.17, 15) is 9.59 Å². The molecule has 3 heterocycles. The van der Waals surface area contributed by atoms with E-state index in [2.05, 4.69) is 15.5 Å². The maximum Gasteiger partial charge on any atom is 0.254 e. The van der Waals surface area contributed by atoms with Gasteiger partial charge in [-0.15, -0.1) is 0 Å². The number of aryl methyl sites for hydroxylation is 2. The number of aromatic nitrogens is 2. The number of hydrogen-bond donors (Lipinski definition) is 1. The van der Waals surface area contributed by atoms with E-state index >= 15 is 0 Å². The molecule has 4 rings (SSSR count). The second-order valence-electron chi connectivity index (χ2n) is 7.27. The van der Waals surface area contributed by atoms with Crippen LogP contribution >= 0.6 is 0 Å². The number of piperazine rings is 1. The molecule has 1 aliphatic heterocycles. The minimum absolute atomic E-state index is 0.00822. The molecule has 1 fully saturated rings. The van der Waals surface area contributed by atoms with Gasteiger partial charge >= 0.3 is 0 Å². The van der Waals surface area contributed by atoms with Gasteiger partial charge in [0, 0.05) is 43.3 Å². The first kappa shape index (κ1) is 19.1. The summed E-state index contributed by atoms with van der Waals surface area (Å²) in [5.41, 5.74) is 2.33. The number of benzene rings is 1. The van der Waals surface area contributed by atoms with E-state index in [0.29, 0.717) is 43.3 Å². The van der Waals surface area contributed by atoms with E-state index < -0.39 is 0 Å². The van der Waals surface area contributed by atoms with Crippen LogP contribution in [0.5, 0.6) is 0 Å². The molecular weight excluding hydrogens is 370 g/mol. The van der Waals surface area contributed by atoms with Crippen LogP contribution in [0.25, 0.3) is 10.9 Å². The lowest BCUT2D eigenvalue weighted by atomic mass is 10.1. The van der Waals surface area contributed by atoms with Gasteiger partial charge in [-0.1, -0.05) is 23.4 Å². The van der Waals surface area contributed by atoms with Gasteiger partial charge < -0.3 is 14.7 Å². The van der Waals surface area contributed by atoms with Crippen LogP contribution in [0.15, 0.2) is 40.9 Å². The summed E-state index contributed by atoms with van der Waals surface area (Å²) in [6.07, 6.45) is 0. The number of fused-ring (bicyclic) bond motifs is 1. The first-order chi connectivity index (χ1) is 14.0. The lowest BCUT2D eigenvalue weighted by Crippen LogP contribution is -2.50. The first-order valence-corrected chi connectivity index (χ1v) is 9.61. The topological polar surface area (TPSA) is 91.6 Å². The molecule has 0 spiro atoms. The second-order valence-corrected chi connectivity index (χ2v) is 7.27. The van der Waals surface area contributed by atoms with Gasteiger partial charge in [-0.25, -0.2) is 0 Å². The van der Waals surface area contributed by atoms with Crippen LogP contribution < -0.4 is 5.32 Å². The van der Waals surface area contributed by atoms with Crippen molar-refractivity contribution in [1.29, 1.82) is 0 Å². The van der Waals surface area contributed by atoms with Crippen LogP contribution in [0.4, 0.5) is 5.82 Å². The fraction of sp³-hybridized carbons (Fsp3) is 0.333. The molecule has 8 nitrogen and oxygen atoms in total. The van der Waals surface area contributed by atoms with Gasteiger partial charge in [-0.2, -0.15) is 0 Å². The molecule has 0 bridgehead atoms. The van der Waals surface area contributed by atoms with E-state index in [1.165, 1.54) is 0 Å². The van der Waals surface area contributed by atoms with Gasteiger partial charge in [0.25, 0.3) is 5.91 Å². The molecule has 0 atom stereocenters. The molecule has 1 aliphatic rings. The molecule has 1 N–H and O–H groups in total. The number of hydrogen-bond acceptors (Lipinski definition) is 6. The quantitative estimate of drug-likeness (QED) is 0.731. The lowest BCUT2D eigenvalue weighted by molar-refractivity contribution is -0.117. The summed E-state index contributed by atoms with van der Waals surface area (Å²) in [5.74, 6) is 0.926. The second kappa shape index (κ2) is 8.00. The molecule has 0 unspecified atom stereocenters. The Balaban J connectivity index is 1.37. The predicted octanol–water partition coefficient (Wildman–Crippen LogP) is 2.24. The normalized spacial score (nSPS) is 14.9. The number of nitrogens with one attached hydrogen (secondary N) is 1. The lowest BCUT2D eigenvalue weighted by Gasteiger charge is -2.34. The maximum absolute atomic E-state index is 13.1. The van der Waals surface area contributed by atoms with Crippen molar-refractivity contribution < 1.29 is 14.1 Å². The molecule has 0 radical (unpaired) electrons. The molecular formula is C21H23N5O3. The summed E-state index contributed by atoms with van der Waals surface area (Å²) in [6.45, 7) is 6.35. The summed E-state index contributed by atoms with van der Waals surface area (Å²) < 4.78 is 4.95. The van der Waals surface area contributed by atoms with Crippen molar-refractivity contribution in [3.05, 3.63) is 53.4 Å². The number of rotatable bonds is 4. The van der Waals surface area contributed by atoms with Crippen molar-refractivity contribution in [1.82, 2.24) is 19.9 Å². The van der Waals surface area contributed by atoms with Gasteiger partial charge in [0.2, 0.25) is 5.91 Å². The van der Waals surface area contributed by atoms with Crippen LogP contribution in [0.1, 0.15) is 21.8 Å². The molecule has 1 saturated heterocycles. The minimum atomic E-state index is -0.145. The SMILES string of the molecule is Cc1cc(C(=O)N2CCN(CC(=O)Nc3cc(C)on3)CC2)c2ccccc2n1. The minimum Gasteiger partial charge on any atom is -0.360 e. The van der Waals surface area contributed by atoms with Crippen LogP contribution in [0.3, 0.4) is 0 Å². The molecule has 2 amide bonds. The largest absolute Gasteiger partial charge is 0.360 e. The van der Waals surface area contributed by atoms with Gasteiger partial charge in [-0.05, 0) is 26.0 Å². The van der Waals surface area contributed by atoms with Crippen molar-refractivity contribution in [3.63, 3.8) is 0 Å². The average molecular weight is 393 g/mol. The van der Waals surface area contributed by atoms with Crippen LogP contribution in [-0.4, -0.2) is 64.5 Å². The Bertz CT molecular complexity index is 1050. The van der Waals surface area contributed by atoms with Crippen molar-refractivity contribution in [3.8, 4) is 0 Å². The summed E-state index contributed by atoms with van der Waals surface area (Å²) in [4.78, 5) is 33.7. The van der Waals surface area contributed by atoms with Crippen molar-refractivity contribution in [2.75, 3.05) is 38.0 Å². The number of amides is 2. The Morgan fingerprint density at radius 3 is 2.59 bits per heavy atom. The van der Waals surface area contributed by atoms with E-state index in [1.807, 2.05) is 47.1 Å². The smallest absolute Gasteiger partial charge is 0.254 e. The number of carbonyl (C=O) groups is 2. The highest BCUT2D eigenvalue weighted by Crippen LogP contribution is 2.20. The summed E-state index contributed by atoms with van der Waals surface area (Å²) in [5, 5.41) is 7.36. The molecule has 2 aromatic heterocycles. The molecule has 3 aromatic rings. The Morgan fingerprint density at radius 2 is 1.86 bits per heavy atom. The number of anilines is 1. The van der Waals surface area contributed by atoms with Gasteiger partial charge in [0.15, 0.2) is 5.82 Å². The highest BCUT2D eigenvalue weighted by Gasteiger charge is 2.25. The Labute approximate surface area is 168 Å². The third-order valence-corrected chi connectivity index (χ3v) is 5.00. The van der Waals surface area contributed by atoms with Crippen molar-refractivity contribution in [2.24, 2.45) is 0 Å². The summed E-state index contributed by atoms with van der Waals surface area (Å²) in [6, 6.07) is 11.2.